The number of rotatable bonds is 15. The molecule has 3 unspecified atom stereocenters. The molecule has 1 aliphatic carbocycles. The van der Waals surface area contributed by atoms with Gasteiger partial charge in [-0.15, -0.1) is 0 Å². The third-order valence-corrected chi connectivity index (χ3v) is 10.9. The molecule has 14 nitrogen and oxygen atoms in total. The van der Waals surface area contributed by atoms with Gasteiger partial charge in [-0.05, 0) is 60.9 Å². The lowest BCUT2D eigenvalue weighted by atomic mass is 9.96. The summed E-state index contributed by atoms with van der Waals surface area (Å²) in [5.74, 6) is -4.05. The second kappa shape index (κ2) is 16.3. The highest BCUT2D eigenvalue weighted by Crippen LogP contribution is 2.28. The van der Waals surface area contributed by atoms with Crippen LogP contribution in [0.15, 0.2) is 59.4 Å². The fourth-order valence-electron chi connectivity index (χ4n) is 5.83. The number of alkyl carbamates (subject to hydrolysis) is 1. The number of hydrogen-bond acceptors (Lipinski definition) is 9. The summed E-state index contributed by atoms with van der Waals surface area (Å²) >= 11 is 0. The lowest BCUT2D eigenvalue weighted by Crippen LogP contribution is -2.57. The maximum absolute atomic E-state index is 13.6. The van der Waals surface area contributed by atoms with Crippen LogP contribution in [0, 0.1) is 11.3 Å². The van der Waals surface area contributed by atoms with Crippen LogP contribution in [0.1, 0.15) is 46.5 Å². The van der Waals surface area contributed by atoms with Crippen LogP contribution >= 0.6 is 0 Å². The number of alkyl halides is 2. The number of hydrogen-bond donors (Lipinski definition) is 4. The van der Waals surface area contributed by atoms with Crippen molar-refractivity contribution >= 4 is 44.7 Å². The van der Waals surface area contributed by atoms with Crippen molar-refractivity contribution in [3.8, 4) is 16.9 Å². The van der Waals surface area contributed by atoms with Gasteiger partial charge in [0, 0.05) is 29.0 Å². The summed E-state index contributed by atoms with van der Waals surface area (Å²) in [5, 5.41) is 4.68. The lowest BCUT2D eigenvalue weighted by Gasteiger charge is -2.28. The van der Waals surface area contributed by atoms with Crippen LogP contribution in [0.4, 0.5) is 13.6 Å². The minimum atomic E-state index is -4.06. The van der Waals surface area contributed by atoms with Gasteiger partial charge in [0.25, 0.3) is 11.5 Å². The number of nitrogens with one attached hydrogen (secondary N) is 4. The van der Waals surface area contributed by atoms with E-state index >= 15 is 0 Å². The summed E-state index contributed by atoms with van der Waals surface area (Å²) in [4.78, 5) is 68.2. The number of aromatic amines is 1. The zero-order chi connectivity index (χ0) is 38.5. The highest BCUT2D eigenvalue weighted by Gasteiger charge is 2.42. The Hall–Kier alpha value is -5.06. The number of carbonyl (C=O) groups excluding carboxylic acids is 4. The van der Waals surface area contributed by atoms with Crippen LogP contribution < -0.4 is 25.7 Å². The second-order valence-corrected chi connectivity index (χ2v) is 16.1. The Balaban J connectivity index is 1.10. The van der Waals surface area contributed by atoms with E-state index in [1.54, 1.807) is 42.8 Å². The van der Waals surface area contributed by atoms with Gasteiger partial charge in [-0.3, -0.25) is 23.9 Å². The molecule has 2 heterocycles. The van der Waals surface area contributed by atoms with E-state index in [1.165, 1.54) is 0 Å². The summed E-state index contributed by atoms with van der Waals surface area (Å²) in [7, 11) is -4.06. The van der Waals surface area contributed by atoms with Crippen LogP contribution in [0.2, 0.25) is 0 Å². The van der Waals surface area contributed by atoms with Gasteiger partial charge in [-0.25, -0.2) is 22.0 Å². The van der Waals surface area contributed by atoms with Crippen molar-refractivity contribution in [1.82, 2.24) is 25.2 Å². The van der Waals surface area contributed by atoms with E-state index in [0.29, 0.717) is 36.1 Å². The summed E-state index contributed by atoms with van der Waals surface area (Å²) in [6.07, 6.45) is -2.72. The number of fused-ring (bicyclic) bond motifs is 1. The number of benzene rings is 2. The fraction of sp³-hybridized carbons (Fsp3) is 0.472. The van der Waals surface area contributed by atoms with Gasteiger partial charge in [0.1, 0.15) is 31.0 Å². The number of amides is 4. The van der Waals surface area contributed by atoms with Crippen molar-refractivity contribution < 1.29 is 45.9 Å². The monoisotopic (exact) mass is 759 g/mol. The Bertz CT molecular complexity index is 2020. The zero-order valence-corrected chi connectivity index (χ0v) is 30.3. The van der Waals surface area contributed by atoms with Crippen LogP contribution in [0.3, 0.4) is 0 Å². The third kappa shape index (κ3) is 10.1. The maximum atomic E-state index is 13.6. The number of halogens is 2. The Labute approximate surface area is 305 Å². The molecule has 3 aromatic rings. The van der Waals surface area contributed by atoms with Gasteiger partial charge < -0.3 is 30.0 Å². The number of H-pyrrole nitrogens is 1. The molecule has 2 fully saturated rings. The maximum Gasteiger partial charge on any atom is 0.407 e. The number of pyridine rings is 1. The molecule has 286 valence electrons. The number of aromatic nitrogens is 1. The highest BCUT2D eigenvalue weighted by molar-refractivity contribution is 7.90. The van der Waals surface area contributed by atoms with Crippen molar-refractivity contribution in [3.05, 3.63) is 65.0 Å². The lowest BCUT2D eigenvalue weighted by molar-refractivity contribution is -0.139. The van der Waals surface area contributed by atoms with E-state index < -0.39 is 75.5 Å². The van der Waals surface area contributed by atoms with E-state index in [0.717, 1.165) is 22.7 Å². The number of nitrogens with zero attached hydrogens (tertiary/aromatic N) is 1. The van der Waals surface area contributed by atoms with Crippen molar-refractivity contribution in [2.75, 3.05) is 26.3 Å². The largest absolute Gasteiger partial charge is 0.493 e. The van der Waals surface area contributed by atoms with Gasteiger partial charge >= 0.3 is 6.09 Å². The van der Waals surface area contributed by atoms with Crippen molar-refractivity contribution in [2.24, 2.45) is 11.3 Å². The smallest absolute Gasteiger partial charge is 0.407 e. The molecule has 4 amide bonds. The highest BCUT2D eigenvalue weighted by atomic mass is 32.2. The van der Waals surface area contributed by atoms with E-state index in [4.69, 9.17) is 9.47 Å². The molecule has 5 rings (SSSR count). The third-order valence-electron chi connectivity index (χ3n) is 9.09. The number of likely N-dealkylation sites (tertiary alicyclic amines) is 1. The Morgan fingerprint density at radius 3 is 2.47 bits per heavy atom. The summed E-state index contributed by atoms with van der Waals surface area (Å²) in [6.45, 7) is 4.27. The molecule has 0 radical (unpaired) electrons. The molecule has 2 aromatic carbocycles. The van der Waals surface area contributed by atoms with Gasteiger partial charge in [-0.1, -0.05) is 51.1 Å². The predicted molar refractivity (Wildman–Crippen MR) is 191 cm³/mol. The van der Waals surface area contributed by atoms with Crippen LogP contribution in [0.25, 0.3) is 22.0 Å². The minimum absolute atomic E-state index is 0.0892. The number of para-hydroxylation sites is 1. The summed E-state index contributed by atoms with van der Waals surface area (Å²) in [6, 6.07) is 13.3. The van der Waals surface area contributed by atoms with E-state index in [1.807, 2.05) is 30.3 Å². The molecule has 4 N–H and O–H groups in total. The van der Waals surface area contributed by atoms with E-state index in [2.05, 4.69) is 15.6 Å². The molecule has 2 aliphatic rings. The molecular weight excluding hydrogens is 716 g/mol. The number of ether oxygens (including phenoxy) is 2. The van der Waals surface area contributed by atoms with Crippen molar-refractivity contribution in [1.29, 1.82) is 0 Å². The first-order valence-electron chi connectivity index (χ1n) is 17.2. The molecule has 1 saturated heterocycles. The SMILES string of the molecule is CC(C(F)F)C(NC(=O)C1CCCN1C(=O)CNC(=O)OCC(C)(C)COc1cccc(-c2cc3ccccc3[nH]c2=O)c1)C(=O)NS(=O)(=O)C1CC1. The van der Waals surface area contributed by atoms with Crippen LogP contribution in [-0.2, 0) is 29.1 Å². The van der Waals surface area contributed by atoms with Gasteiger partial charge in [-0.2, -0.15) is 0 Å². The first kappa shape index (κ1) is 39.2. The normalized spacial score (nSPS) is 17.2. The Morgan fingerprint density at radius 1 is 1.02 bits per heavy atom. The Morgan fingerprint density at radius 2 is 1.75 bits per heavy atom. The molecule has 1 aliphatic heterocycles. The topological polar surface area (TPSA) is 193 Å². The average molecular weight is 760 g/mol. The van der Waals surface area contributed by atoms with Crippen molar-refractivity contribution in [3.63, 3.8) is 0 Å². The number of carbonyl (C=O) groups is 4. The summed E-state index contributed by atoms with van der Waals surface area (Å²) < 4.78 is 64.9. The molecule has 1 aromatic heterocycles. The zero-order valence-electron chi connectivity index (χ0n) is 29.5. The molecule has 53 heavy (non-hydrogen) atoms. The van der Waals surface area contributed by atoms with Crippen molar-refractivity contribution in [2.45, 2.75) is 70.2 Å². The molecule has 1 saturated carbocycles. The predicted octanol–water partition coefficient (Wildman–Crippen LogP) is 3.31. The second-order valence-electron chi connectivity index (χ2n) is 14.1. The number of sulfonamides is 1. The summed E-state index contributed by atoms with van der Waals surface area (Å²) in [5.41, 5.74) is 0.967. The standard InChI is InChI=1S/C36H43F2N5O9S/c1-21(31(37)38)30(34(47)42-53(49,50)25-13-14-25)41-33(46)28-12-7-15-43(28)29(44)18-39-35(48)52-20-36(2,3)19-51-24-10-6-9-22(16-24)26-17-23-8-4-5-11-27(23)40-32(26)45/h4-6,8-11,16-17,21,25,28,30-31H,7,12-15,18-20H2,1-3H3,(H,39,48)(H,40,45)(H,41,46)(H,42,47). The van der Waals surface area contributed by atoms with Crippen LogP contribution in [0.5, 0.6) is 5.75 Å². The first-order chi connectivity index (χ1) is 25.0. The Kier molecular flexibility index (Phi) is 12.0. The van der Waals surface area contributed by atoms with Crippen LogP contribution in [-0.4, -0.2) is 92.2 Å². The van der Waals surface area contributed by atoms with E-state index in [9.17, 15) is 41.2 Å². The minimum Gasteiger partial charge on any atom is -0.493 e. The van der Waals surface area contributed by atoms with E-state index in [-0.39, 0.29) is 31.7 Å². The van der Waals surface area contributed by atoms with Gasteiger partial charge in [0.2, 0.25) is 28.3 Å². The fourth-order valence-corrected chi connectivity index (χ4v) is 7.16. The molecular formula is C36H43F2N5O9S. The molecule has 17 heteroatoms. The van der Waals surface area contributed by atoms with Gasteiger partial charge in [0.15, 0.2) is 0 Å². The average Bonchev–Trinajstić information content (AvgIpc) is 3.88. The van der Waals surface area contributed by atoms with Gasteiger partial charge in [0.05, 0.1) is 11.9 Å². The molecule has 0 spiro atoms. The first-order valence-corrected chi connectivity index (χ1v) is 18.8. The molecule has 0 bridgehead atoms. The quantitative estimate of drug-likeness (QED) is 0.180. The molecule has 3 atom stereocenters.